The Morgan fingerprint density at radius 3 is 2.38 bits per heavy atom. The highest BCUT2D eigenvalue weighted by atomic mass is 16.3. The lowest BCUT2D eigenvalue weighted by molar-refractivity contribution is 0.196. The first-order valence-electron chi connectivity index (χ1n) is 7.56. The topological polar surface area (TPSA) is 46.9 Å². The third-order valence-corrected chi connectivity index (χ3v) is 3.77. The molecule has 114 valence electrons. The lowest BCUT2D eigenvalue weighted by atomic mass is 10.1. The summed E-state index contributed by atoms with van der Waals surface area (Å²) in [7, 11) is 0. The predicted octanol–water partition coefficient (Wildman–Crippen LogP) is 0.530. The largest absolute Gasteiger partial charge is 0.395 e. The number of aliphatic hydroxyl groups excluding tert-OH is 2. The van der Waals surface area contributed by atoms with Gasteiger partial charge < -0.3 is 10.2 Å². The van der Waals surface area contributed by atoms with Crippen molar-refractivity contribution >= 4 is 0 Å². The molecule has 0 aliphatic carbocycles. The number of benzene rings is 1. The minimum absolute atomic E-state index is 0.0974. The summed E-state index contributed by atoms with van der Waals surface area (Å²) in [4.78, 5) is 4.79. The average Bonchev–Trinajstić information content (AvgIpc) is 2.73. The van der Waals surface area contributed by atoms with E-state index in [1.165, 1.54) is 5.56 Å². The maximum atomic E-state index is 9.02. The van der Waals surface area contributed by atoms with Crippen molar-refractivity contribution in [3.8, 4) is 11.8 Å². The van der Waals surface area contributed by atoms with E-state index in [0.29, 0.717) is 0 Å². The van der Waals surface area contributed by atoms with E-state index in [0.717, 1.165) is 51.3 Å². The minimum Gasteiger partial charge on any atom is -0.395 e. The van der Waals surface area contributed by atoms with Gasteiger partial charge in [-0.25, -0.2) is 0 Å². The molecule has 0 saturated carbocycles. The van der Waals surface area contributed by atoms with Crippen molar-refractivity contribution in [3.05, 3.63) is 35.4 Å². The normalized spacial score (nSPS) is 17.0. The Balaban J connectivity index is 1.86. The van der Waals surface area contributed by atoms with Gasteiger partial charge in [0.2, 0.25) is 0 Å². The zero-order valence-electron chi connectivity index (χ0n) is 12.5. The number of hydrogen-bond acceptors (Lipinski definition) is 4. The van der Waals surface area contributed by atoms with E-state index < -0.39 is 0 Å². The monoisotopic (exact) mass is 288 g/mol. The van der Waals surface area contributed by atoms with Gasteiger partial charge in [-0.05, 0) is 37.2 Å². The maximum Gasteiger partial charge on any atom is 0.104 e. The van der Waals surface area contributed by atoms with Gasteiger partial charge in [-0.1, -0.05) is 24.0 Å². The lowest BCUT2D eigenvalue weighted by Gasteiger charge is -2.21. The van der Waals surface area contributed by atoms with Crippen molar-refractivity contribution in [2.24, 2.45) is 0 Å². The Morgan fingerprint density at radius 2 is 1.67 bits per heavy atom. The van der Waals surface area contributed by atoms with Crippen LogP contribution in [0.5, 0.6) is 0 Å². The Morgan fingerprint density at radius 1 is 0.952 bits per heavy atom. The number of aliphatic hydroxyl groups is 2. The summed E-state index contributed by atoms with van der Waals surface area (Å²) in [5, 5.41) is 17.7. The molecule has 0 bridgehead atoms. The Labute approximate surface area is 127 Å². The zero-order chi connectivity index (χ0) is 14.9. The van der Waals surface area contributed by atoms with Crippen molar-refractivity contribution in [2.75, 3.05) is 45.9 Å². The van der Waals surface area contributed by atoms with Crippen LogP contribution in [0.4, 0.5) is 0 Å². The molecular formula is C17H24N2O2. The SMILES string of the molecule is OCC#Cc1ccc(CN2CCCN(CCO)CC2)cc1. The molecule has 1 aliphatic rings. The van der Waals surface area contributed by atoms with Gasteiger partial charge >= 0.3 is 0 Å². The predicted molar refractivity (Wildman–Crippen MR) is 83.8 cm³/mol. The molecule has 1 aliphatic heterocycles. The molecule has 0 unspecified atom stereocenters. The highest BCUT2D eigenvalue weighted by Gasteiger charge is 2.14. The smallest absolute Gasteiger partial charge is 0.104 e. The molecule has 1 aromatic carbocycles. The molecule has 1 saturated heterocycles. The quantitative estimate of drug-likeness (QED) is 0.794. The van der Waals surface area contributed by atoms with Gasteiger partial charge in [0.1, 0.15) is 6.61 Å². The van der Waals surface area contributed by atoms with E-state index in [1.807, 2.05) is 12.1 Å². The summed E-state index contributed by atoms with van der Waals surface area (Å²) in [6.45, 7) is 6.15. The summed E-state index contributed by atoms with van der Waals surface area (Å²) in [5.74, 6) is 5.57. The van der Waals surface area contributed by atoms with Crippen LogP contribution >= 0.6 is 0 Å². The molecule has 21 heavy (non-hydrogen) atoms. The maximum absolute atomic E-state index is 9.02. The molecule has 0 aromatic heterocycles. The van der Waals surface area contributed by atoms with Crippen LogP contribution in [-0.2, 0) is 6.54 Å². The van der Waals surface area contributed by atoms with Crippen LogP contribution in [0.25, 0.3) is 0 Å². The third kappa shape index (κ3) is 5.49. The second-order valence-electron chi connectivity index (χ2n) is 5.35. The fraction of sp³-hybridized carbons (Fsp3) is 0.529. The molecule has 1 fully saturated rings. The highest BCUT2D eigenvalue weighted by Crippen LogP contribution is 2.10. The van der Waals surface area contributed by atoms with Crippen LogP contribution in [0.1, 0.15) is 17.5 Å². The molecule has 0 amide bonds. The fourth-order valence-corrected chi connectivity index (χ4v) is 2.64. The molecule has 1 aromatic rings. The van der Waals surface area contributed by atoms with Gasteiger partial charge in [0.05, 0.1) is 6.61 Å². The number of hydrogen-bond donors (Lipinski definition) is 2. The molecule has 0 atom stereocenters. The van der Waals surface area contributed by atoms with E-state index in [2.05, 4.69) is 33.8 Å². The van der Waals surface area contributed by atoms with Crippen LogP contribution < -0.4 is 0 Å². The number of rotatable bonds is 4. The van der Waals surface area contributed by atoms with E-state index in [1.54, 1.807) is 0 Å². The van der Waals surface area contributed by atoms with Gasteiger partial charge in [0.15, 0.2) is 0 Å². The number of nitrogens with zero attached hydrogens (tertiary/aromatic N) is 2. The molecule has 4 nitrogen and oxygen atoms in total. The summed E-state index contributed by atoms with van der Waals surface area (Å²) < 4.78 is 0. The van der Waals surface area contributed by atoms with Crippen molar-refractivity contribution in [1.29, 1.82) is 0 Å². The average molecular weight is 288 g/mol. The minimum atomic E-state index is -0.0974. The summed E-state index contributed by atoms with van der Waals surface area (Å²) >= 11 is 0. The highest BCUT2D eigenvalue weighted by molar-refractivity contribution is 5.36. The zero-order valence-corrected chi connectivity index (χ0v) is 12.5. The second-order valence-corrected chi connectivity index (χ2v) is 5.35. The first kappa shape index (κ1) is 16.0. The standard InChI is InChI=1S/C17H24N2O2/c20-13-1-3-16-4-6-17(7-5-16)15-19-9-2-8-18(10-11-19)12-14-21/h4-7,20-21H,2,8-15H2. The van der Waals surface area contributed by atoms with Crippen molar-refractivity contribution in [3.63, 3.8) is 0 Å². The third-order valence-electron chi connectivity index (χ3n) is 3.77. The first-order chi connectivity index (χ1) is 10.3. The van der Waals surface area contributed by atoms with E-state index in [9.17, 15) is 0 Å². The molecule has 0 spiro atoms. The van der Waals surface area contributed by atoms with Crippen LogP contribution in [0, 0.1) is 11.8 Å². The second kappa shape index (κ2) is 8.81. The summed E-state index contributed by atoms with van der Waals surface area (Å²) in [6, 6.07) is 8.23. The van der Waals surface area contributed by atoms with Gasteiger partial charge in [-0.15, -0.1) is 0 Å². The van der Waals surface area contributed by atoms with E-state index in [4.69, 9.17) is 10.2 Å². The van der Waals surface area contributed by atoms with Gasteiger partial charge in [0, 0.05) is 31.7 Å². The van der Waals surface area contributed by atoms with E-state index >= 15 is 0 Å². The van der Waals surface area contributed by atoms with E-state index in [-0.39, 0.29) is 13.2 Å². The first-order valence-corrected chi connectivity index (χ1v) is 7.56. The Kier molecular flexibility index (Phi) is 6.71. The Bertz CT molecular complexity index is 476. The van der Waals surface area contributed by atoms with Gasteiger partial charge in [0.25, 0.3) is 0 Å². The van der Waals surface area contributed by atoms with Crippen LogP contribution in [0.15, 0.2) is 24.3 Å². The van der Waals surface area contributed by atoms with Gasteiger partial charge in [-0.2, -0.15) is 0 Å². The molecule has 1 heterocycles. The summed E-state index contributed by atoms with van der Waals surface area (Å²) in [5.41, 5.74) is 2.23. The van der Waals surface area contributed by atoms with Crippen molar-refractivity contribution in [1.82, 2.24) is 9.80 Å². The van der Waals surface area contributed by atoms with Crippen LogP contribution in [0.2, 0.25) is 0 Å². The lowest BCUT2D eigenvalue weighted by Crippen LogP contribution is -2.32. The molecule has 2 rings (SSSR count). The van der Waals surface area contributed by atoms with Gasteiger partial charge in [-0.3, -0.25) is 9.80 Å². The fourth-order valence-electron chi connectivity index (χ4n) is 2.64. The molecule has 0 radical (unpaired) electrons. The van der Waals surface area contributed by atoms with Crippen LogP contribution in [0.3, 0.4) is 0 Å². The number of β-amino-alcohol motifs (C(OH)–C–C–N with tert-alkyl or cyclic N) is 1. The molecule has 4 heteroatoms. The van der Waals surface area contributed by atoms with Crippen molar-refractivity contribution in [2.45, 2.75) is 13.0 Å². The van der Waals surface area contributed by atoms with Crippen molar-refractivity contribution < 1.29 is 10.2 Å². The summed E-state index contributed by atoms with van der Waals surface area (Å²) in [6.07, 6.45) is 1.15. The van der Waals surface area contributed by atoms with Crippen LogP contribution in [-0.4, -0.2) is 66.0 Å². The Hall–Kier alpha value is -1.38. The molecular weight excluding hydrogens is 264 g/mol. The molecule has 2 N–H and O–H groups in total.